The molecular formula is C19H27N4O3S2+. The summed E-state index contributed by atoms with van der Waals surface area (Å²) < 4.78 is 33.6. The minimum Gasteiger partial charge on any atom is -0.496 e. The molecular weight excluding hydrogens is 396 g/mol. The predicted octanol–water partition coefficient (Wildman–Crippen LogP) is 1.33. The highest BCUT2D eigenvalue weighted by atomic mass is 32.2. The second kappa shape index (κ2) is 8.59. The van der Waals surface area contributed by atoms with Crippen molar-refractivity contribution in [1.82, 2.24) is 14.3 Å². The molecule has 1 aromatic carbocycles. The Morgan fingerprint density at radius 1 is 1.43 bits per heavy atom. The predicted molar refractivity (Wildman–Crippen MR) is 112 cm³/mol. The van der Waals surface area contributed by atoms with Crippen LogP contribution < -0.4 is 9.64 Å². The minimum atomic E-state index is -2.93. The molecule has 2 aromatic rings. The Bertz CT molecular complexity index is 1010. The molecule has 152 valence electrons. The third-order valence-electron chi connectivity index (χ3n) is 5.20. The highest BCUT2D eigenvalue weighted by Crippen LogP contribution is 2.28. The van der Waals surface area contributed by atoms with Crippen LogP contribution in [0.5, 0.6) is 5.75 Å². The maximum atomic E-state index is 11.9. The molecule has 28 heavy (non-hydrogen) atoms. The third-order valence-corrected chi connectivity index (χ3v) is 7.40. The average molecular weight is 424 g/mol. The van der Waals surface area contributed by atoms with Crippen LogP contribution >= 0.6 is 12.2 Å². The number of ether oxygens (including phenoxy) is 1. The molecule has 2 heterocycles. The lowest BCUT2D eigenvalue weighted by Crippen LogP contribution is -3.15. The summed E-state index contributed by atoms with van der Waals surface area (Å²) in [5, 5.41) is 4.78. The molecule has 2 atom stereocenters. The highest BCUT2D eigenvalue weighted by molar-refractivity contribution is 7.91. The number of nitrogens with one attached hydrogen (secondary N) is 1. The summed E-state index contributed by atoms with van der Waals surface area (Å²) >= 11 is 5.69. The molecule has 0 spiro atoms. The Morgan fingerprint density at radius 3 is 2.79 bits per heavy atom. The summed E-state index contributed by atoms with van der Waals surface area (Å²) in [4.78, 5) is 1.17. The van der Waals surface area contributed by atoms with E-state index in [9.17, 15) is 8.42 Å². The number of hydrogen-bond acceptors (Lipinski definition) is 5. The number of sulfone groups is 1. The standard InChI is InChI=1S/C19H26N4O3S2/c1-4-11-22-18(16-8-6-7-9-17(16)26-3)20-23(19(22)27)14-21(5-2)15-10-12-28(24,25)13-15/h4,6-9,15H,1,5,10-14H2,2-3H3/p+1/t15-/m1/s1. The van der Waals surface area contributed by atoms with E-state index in [2.05, 4.69) is 13.5 Å². The van der Waals surface area contributed by atoms with Gasteiger partial charge in [0.1, 0.15) is 17.5 Å². The maximum Gasteiger partial charge on any atom is 0.203 e. The van der Waals surface area contributed by atoms with Gasteiger partial charge in [-0.3, -0.25) is 4.57 Å². The first-order valence-corrected chi connectivity index (χ1v) is 11.6. The number of aromatic nitrogens is 3. The van der Waals surface area contributed by atoms with E-state index in [4.69, 9.17) is 22.1 Å². The zero-order valence-corrected chi connectivity index (χ0v) is 17.9. The summed E-state index contributed by atoms with van der Waals surface area (Å²) in [5.74, 6) is 1.94. The van der Waals surface area contributed by atoms with Crippen molar-refractivity contribution >= 4 is 22.1 Å². The molecule has 0 radical (unpaired) electrons. The normalized spacial score (nSPS) is 19.4. The van der Waals surface area contributed by atoms with Crippen LogP contribution in [-0.2, 0) is 23.1 Å². The number of nitrogens with zero attached hydrogens (tertiary/aromatic N) is 3. The number of allylic oxidation sites excluding steroid dienone is 1. The molecule has 0 aliphatic carbocycles. The van der Waals surface area contributed by atoms with Crippen LogP contribution in [0.15, 0.2) is 36.9 Å². The van der Waals surface area contributed by atoms with Crippen molar-refractivity contribution in [2.75, 3.05) is 25.2 Å². The fraction of sp³-hybridized carbons (Fsp3) is 0.474. The highest BCUT2D eigenvalue weighted by Gasteiger charge is 2.35. The molecule has 0 bridgehead atoms. The van der Waals surface area contributed by atoms with Crippen molar-refractivity contribution in [1.29, 1.82) is 0 Å². The molecule has 3 rings (SSSR count). The van der Waals surface area contributed by atoms with Gasteiger partial charge in [0, 0.05) is 13.0 Å². The Balaban J connectivity index is 1.98. The number of hydrogen-bond donors (Lipinski definition) is 1. The lowest BCUT2D eigenvalue weighted by molar-refractivity contribution is -0.943. The first-order chi connectivity index (χ1) is 13.4. The van der Waals surface area contributed by atoms with Crippen LogP contribution in [0, 0.1) is 4.77 Å². The minimum absolute atomic E-state index is 0.0798. The van der Waals surface area contributed by atoms with E-state index in [-0.39, 0.29) is 17.5 Å². The Morgan fingerprint density at radius 2 is 2.18 bits per heavy atom. The Kier molecular flexibility index (Phi) is 6.36. The van der Waals surface area contributed by atoms with Gasteiger partial charge in [-0.1, -0.05) is 18.2 Å². The van der Waals surface area contributed by atoms with Gasteiger partial charge in [0.25, 0.3) is 0 Å². The van der Waals surface area contributed by atoms with Crippen LogP contribution in [0.25, 0.3) is 11.4 Å². The summed E-state index contributed by atoms with van der Waals surface area (Å²) in [6.45, 7) is 7.76. The van der Waals surface area contributed by atoms with Crippen LogP contribution in [0.4, 0.5) is 0 Å². The van der Waals surface area contributed by atoms with Gasteiger partial charge in [-0.2, -0.15) is 4.68 Å². The van der Waals surface area contributed by atoms with Gasteiger partial charge in [-0.25, -0.2) is 8.42 Å². The fourth-order valence-electron chi connectivity index (χ4n) is 3.71. The second-order valence-corrected chi connectivity index (χ2v) is 9.57. The maximum absolute atomic E-state index is 11.9. The zero-order valence-electron chi connectivity index (χ0n) is 16.3. The molecule has 1 unspecified atom stereocenters. The van der Waals surface area contributed by atoms with Crippen LogP contribution in [0.3, 0.4) is 0 Å². The first-order valence-electron chi connectivity index (χ1n) is 9.37. The van der Waals surface area contributed by atoms with E-state index in [1.165, 1.54) is 4.90 Å². The van der Waals surface area contributed by atoms with Crippen molar-refractivity contribution in [2.24, 2.45) is 0 Å². The first kappa shape index (κ1) is 20.8. The zero-order chi connectivity index (χ0) is 20.3. The smallest absolute Gasteiger partial charge is 0.203 e. The summed E-state index contributed by atoms with van der Waals surface area (Å²) in [6.07, 6.45) is 2.47. The second-order valence-electron chi connectivity index (χ2n) is 6.98. The van der Waals surface area contributed by atoms with Gasteiger partial charge in [0.05, 0.1) is 25.0 Å². The van der Waals surface area contributed by atoms with Gasteiger partial charge < -0.3 is 9.64 Å². The molecule has 1 N–H and O–H groups in total. The van der Waals surface area contributed by atoms with Crippen LogP contribution in [0.2, 0.25) is 0 Å². The van der Waals surface area contributed by atoms with E-state index in [0.29, 0.717) is 24.4 Å². The van der Waals surface area contributed by atoms with Gasteiger partial charge >= 0.3 is 0 Å². The van der Waals surface area contributed by atoms with E-state index in [0.717, 1.165) is 23.7 Å². The monoisotopic (exact) mass is 423 g/mol. The van der Waals surface area contributed by atoms with Crippen molar-refractivity contribution < 1.29 is 18.1 Å². The third kappa shape index (κ3) is 4.21. The SMILES string of the molecule is C=CCn1c(-c2ccccc2OC)nn(C[NH+](CC)[C@@H]2CCS(=O)(=O)C2)c1=S. The van der Waals surface area contributed by atoms with Crippen LogP contribution in [0.1, 0.15) is 13.3 Å². The topological polar surface area (TPSA) is 70.6 Å². The molecule has 1 fully saturated rings. The molecule has 0 amide bonds. The Labute approximate surface area is 171 Å². The van der Waals surface area contributed by atoms with E-state index < -0.39 is 9.84 Å². The van der Waals surface area contributed by atoms with Gasteiger partial charge in [-0.05, 0) is 31.3 Å². The molecule has 1 aliphatic heterocycles. The fourth-order valence-corrected chi connectivity index (χ4v) is 5.80. The van der Waals surface area contributed by atoms with Crippen molar-refractivity contribution in [3.63, 3.8) is 0 Å². The summed E-state index contributed by atoms with van der Waals surface area (Å²) in [7, 11) is -1.30. The number of quaternary nitrogens is 1. The number of methoxy groups -OCH3 is 1. The number of rotatable bonds is 8. The number of para-hydroxylation sites is 1. The molecule has 1 aromatic heterocycles. The molecule has 1 aliphatic rings. The van der Waals surface area contributed by atoms with Gasteiger partial charge in [0.2, 0.25) is 4.77 Å². The number of benzene rings is 1. The van der Waals surface area contributed by atoms with E-state index >= 15 is 0 Å². The quantitative estimate of drug-likeness (QED) is 0.512. The van der Waals surface area contributed by atoms with E-state index in [1.54, 1.807) is 17.9 Å². The van der Waals surface area contributed by atoms with Crippen molar-refractivity contribution in [2.45, 2.75) is 32.6 Å². The summed E-state index contributed by atoms with van der Waals surface area (Å²) in [6, 6.07) is 7.77. The lowest BCUT2D eigenvalue weighted by Gasteiger charge is -2.23. The molecule has 7 nitrogen and oxygen atoms in total. The van der Waals surface area contributed by atoms with E-state index in [1.807, 2.05) is 28.8 Å². The van der Waals surface area contributed by atoms with Crippen molar-refractivity contribution in [3.05, 3.63) is 41.7 Å². The molecule has 0 saturated carbocycles. The lowest BCUT2D eigenvalue weighted by atomic mass is 10.2. The summed E-state index contributed by atoms with van der Waals surface area (Å²) in [5.41, 5.74) is 0.859. The largest absolute Gasteiger partial charge is 0.496 e. The molecule has 1 saturated heterocycles. The van der Waals surface area contributed by atoms with Gasteiger partial charge in [-0.15, -0.1) is 11.7 Å². The van der Waals surface area contributed by atoms with Crippen molar-refractivity contribution in [3.8, 4) is 17.1 Å². The van der Waals surface area contributed by atoms with Crippen LogP contribution in [-0.4, -0.2) is 54.0 Å². The molecule has 9 heteroatoms. The van der Waals surface area contributed by atoms with Gasteiger partial charge in [0.15, 0.2) is 22.3 Å². The average Bonchev–Trinajstić information content (AvgIpc) is 3.20. The Hall–Kier alpha value is -1.97.